The van der Waals surface area contributed by atoms with Gasteiger partial charge in [0, 0.05) is 24.1 Å². The summed E-state index contributed by atoms with van der Waals surface area (Å²) in [5.41, 5.74) is 6.46. The van der Waals surface area contributed by atoms with Crippen LogP contribution in [0.2, 0.25) is 0 Å². The van der Waals surface area contributed by atoms with Crippen molar-refractivity contribution in [2.24, 2.45) is 0 Å². The monoisotopic (exact) mass is 211 g/mol. The molecule has 0 aliphatic heterocycles. The predicted molar refractivity (Wildman–Crippen MR) is 55.5 cm³/mol. The molecule has 5 nitrogen and oxygen atoms in total. The highest BCUT2D eigenvalue weighted by Gasteiger charge is 2.12. The Morgan fingerprint density at radius 3 is 2.93 bits per heavy atom. The van der Waals surface area contributed by atoms with Gasteiger partial charge in [-0.2, -0.15) is 5.26 Å². The summed E-state index contributed by atoms with van der Waals surface area (Å²) in [5, 5.41) is 13.1. The molecule has 0 saturated carbocycles. The largest absolute Gasteiger partial charge is 0.388 e. The van der Waals surface area contributed by atoms with E-state index in [9.17, 15) is 0 Å². The van der Waals surface area contributed by atoms with Gasteiger partial charge in [0.1, 0.15) is 10.7 Å². The van der Waals surface area contributed by atoms with Gasteiger partial charge in [-0.1, -0.05) is 4.49 Å². The number of anilines is 1. The smallest absolute Gasteiger partial charge is 0.132 e. The fourth-order valence-electron chi connectivity index (χ4n) is 1.01. The number of aromatic nitrogens is 2. The fourth-order valence-corrected chi connectivity index (χ4v) is 1.44. The van der Waals surface area contributed by atoms with E-state index in [0.717, 1.165) is 5.69 Å². The highest BCUT2D eigenvalue weighted by Crippen LogP contribution is 2.15. The molecule has 1 heterocycles. The zero-order valence-electron chi connectivity index (χ0n) is 8.27. The fraction of sp³-hybridized carbons (Fsp3) is 0.625. The van der Waals surface area contributed by atoms with Crippen molar-refractivity contribution in [1.29, 1.82) is 5.26 Å². The number of rotatable bonds is 4. The maximum atomic E-state index is 8.54. The van der Waals surface area contributed by atoms with Gasteiger partial charge >= 0.3 is 0 Å². The quantitative estimate of drug-likeness (QED) is 0.798. The minimum absolute atomic E-state index is 0.209. The van der Waals surface area contributed by atoms with E-state index in [2.05, 4.69) is 15.7 Å². The molecule has 0 aliphatic carbocycles. The number of nitrogens with two attached hydrogens (primary N) is 1. The molecule has 1 aromatic rings. The third kappa shape index (κ3) is 2.65. The lowest BCUT2D eigenvalue weighted by Gasteiger charge is -2.21. The highest BCUT2D eigenvalue weighted by molar-refractivity contribution is 7.09. The summed E-state index contributed by atoms with van der Waals surface area (Å²) in [7, 11) is 1.95. The Hall–Kier alpha value is -1.19. The molecular weight excluding hydrogens is 198 g/mol. The molecule has 14 heavy (non-hydrogen) atoms. The Labute approximate surface area is 87.3 Å². The first-order valence-corrected chi connectivity index (χ1v) is 5.06. The molecule has 0 aromatic carbocycles. The average Bonchev–Trinajstić information content (AvgIpc) is 2.52. The predicted octanol–water partition coefficient (Wildman–Crippen LogP) is 0.854. The standard InChI is InChI=1S/C8H13N5S/c1-6(3-4-9)13(2)5-7-8(10)14-12-11-7/h6H,3,5,10H2,1-2H3. The van der Waals surface area contributed by atoms with Crippen LogP contribution in [0.25, 0.3) is 0 Å². The van der Waals surface area contributed by atoms with Crippen molar-refractivity contribution in [3.63, 3.8) is 0 Å². The van der Waals surface area contributed by atoms with Crippen LogP contribution < -0.4 is 5.73 Å². The molecule has 0 fully saturated rings. The molecule has 6 heteroatoms. The Bertz CT molecular complexity index is 329. The van der Waals surface area contributed by atoms with Gasteiger partial charge in [0.05, 0.1) is 12.5 Å². The first kappa shape index (κ1) is 10.9. The second kappa shape index (κ2) is 4.88. The van der Waals surface area contributed by atoms with Crippen molar-refractivity contribution in [3.8, 4) is 6.07 Å². The summed E-state index contributed by atoms with van der Waals surface area (Å²) in [6.07, 6.45) is 0.508. The maximum absolute atomic E-state index is 8.54. The molecule has 1 rings (SSSR count). The molecular formula is C8H13N5S. The Morgan fingerprint density at radius 1 is 1.71 bits per heavy atom. The summed E-state index contributed by atoms with van der Waals surface area (Å²) in [5.74, 6) is 0. The van der Waals surface area contributed by atoms with E-state index in [1.807, 2.05) is 18.9 Å². The van der Waals surface area contributed by atoms with E-state index in [4.69, 9.17) is 11.0 Å². The lowest BCUT2D eigenvalue weighted by molar-refractivity contribution is 0.250. The summed E-state index contributed by atoms with van der Waals surface area (Å²) >= 11 is 1.20. The second-order valence-corrected chi connectivity index (χ2v) is 4.00. The molecule has 1 atom stereocenters. The Balaban J connectivity index is 2.53. The van der Waals surface area contributed by atoms with Crippen LogP contribution in [0.5, 0.6) is 0 Å². The summed E-state index contributed by atoms with van der Waals surface area (Å²) in [6.45, 7) is 2.64. The molecule has 0 radical (unpaired) electrons. The Kier molecular flexibility index (Phi) is 3.80. The molecule has 0 spiro atoms. The van der Waals surface area contributed by atoms with Gasteiger partial charge in [-0.3, -0.25) is 4.90 Å². The molecule has 0 amide bonds. The lowest BCUT2D eigenvalue weighted by atomic mass is 10.2. The molecule has 1 unspecified atom stereocenters. The molecule has 1 aromatic heterocycles. The SMILES string of the molecule is CC(CC#N)N(C)Cc1nnsc1N. The van der Waals surface area contributed by atoms with Crippen LogP contribution >= 0.6 is 11.5 Å². The van der Waals surface area contributed by atoms with Crippen molar-refractivity contribution in [2.75, 3.05) is 12.8 Å². The number of hydrogen-bond acceptors (Lipinski definition) is 6. The van der Waals surface area contributed by atoms with Gasteiger partial charge < -0.3 is 5.73 Å². The maximum Gasteiger partial charge on any atom is 0.132 e. The average molecular weight is 211 g/mol. The second-order valence-electron chi connectivity index (χ2n) is 3.21. The summed E-state index contributed by atoms with van der Waals surface area (Å²) in [4.78, 5) is 2.04. The van der Waals surface area contributed by atoms with Crippen molar-refractivity contribution in [3.05, 3.63) is 5.69 Å². The Morgan fingerprint density at radius 2 is 2.43 bits per heavy atom. The molecule has 0 saturated heterocycles. The molecule has 76 valence electrons. The van der Waals surface area contributed by atoms with E-state index in [1.165, 1.54) is 11.5 Å². The first-order chi connectivity index (χ1) is 6.65. The van der Waals surface area contributed by atoms with Crippen molar-refractivity contribution in [1.82, 2.24) is 14.5 Å². The summed E-state index contributed by atoms with van der Waals surface area (Å²) < 4.78 is 3.76. The number of nitrogens with zero attached hydrogens (tertiary/aromatic N) is 4. The number of hydrogen-bond donors (Lipinski definition) is 1. The van der Waals surface area contributed by atoms with Gasteiger partial charge in [0.15, 0.2) is 0 Å². The normalized spacial score (nSPS) is 12.7. The highest BCUT2D eigenvalue weighted by atomic mass is 32.1. The van der Waals surface area contributed by atoms with Gasteiger partial charge in [0.2, 0.25) is 0 Å². The molecule has 2 N–H and O–H groups in total. The van der Waals surface area contributed by atoms with Crippen LogP contribution in [0.1, 0.15) is 19.0 Å². The van der Waals surface area contributed by atoms with Crippen molar-refractivity contribution >= 4 is 16.5 Å². The van der Waals surface area contributed by atoms with E-state index < -0.39 is 0 Å². The van der Waals surface area contributed by atoms with Crippen LogP contribution in [-0.2, 0) is 6.54 Å². The van der Waals surface area contributed by atoms with Crippen molar-refractivity contribution in [2.45, 2.75) is 25.9 Å². The van der Waals surface area contributed by atoms with E-state index in [1.54, 1.807) is 0 Å². The third-order valence-electron chi connectivity index (χ3n) is 2.12. The van der Waals surface area contributed by atoms with Gasteiger partial charge in [-0.25, -0.2) is 0 Å². The van der Waals surface area contributed by atoms with Crippen LogP contribution in [-0.4, -0.2) is 27.6 Å². The molecule has 0 aliphatic rings. The van der Waals surface area contributed by atoms with Gasteiger partial charge in [0.25, 0.3) is 0 Å². The van der Waals surface area contributed by atoms with Gasteiger partial charge in [-0.05, 0) is 14.0 Å². The van der Waals surface area contributed by atoms with Gasteiger partial charge in [-0.15, -0.1) is 5.10 Å². The number of nitriles is 1. The molecule has 0 bridgehead atoms. The van der Waals surface area contributed by atoms with E-state index >= 15 is 0 Å². The van der Waals surface area contributed by atoms with E-state index in [-0.39, 0.29) is 6.04 Å². The van der Waals surface area contributed by atoms with Crippen LogP contribution in [0.15, 0.2) is 0 Å². The van der Waals surface area contributed by atoms with Crippen molar-refractivity contribution < 1.29 is 0 Å². The minimum Gasteiger partial charge on any atom is -0.388 e. The zero-order chi connectivity index (χ0) is 10.6. The van der Waals surface area contributed by atoms with E-state index in [0.29, 0.717) is 18.0 Å². The number of nitrogen functional groups attached to an aromatic ring is 1. The zero-order valence-corrected chi connectivity index (χ0v) is 9.08. The first-order valence-electron chi connectivity index (χ1n) is 4.29. The topological polar surface area (TPSA) is 78.8 Å². The van der Waals surface area contributed by atoms with Crippen LogP contribution in [0.4, 0.5) is 5.00 Å². The summed E-state index contributed by atoms with van der Waals surface area (Å²) in [6, 6.07) is 2.35. The van der Waals surface area contributed by atoms with Crippen LogP contribution in [0.3, 0.4) is 0 Å². The minimum atomic E-state index is 0.209. The van der Waals surface area contributed by atoms with Crippen LogP contribution in [0, 0.1) is 11.3 Å². The third-order valence-corrected chi connectivity index (χ3v) is 2.72. The lowest BCUT2D eigenvalue weighted by Crippen LogP contribution is -2.28.